The number of aromatic nitrogens is 2. The Morgan fingerprint density at radius 2 is 1.67 bits per heavy atom. The number of hydrogen-bond donors (Lipinski definition) is 1. The summed E-state index contributed by atoms with van der Waals surface area (Å²) in [6, 6.07) is 13.6. The van der Waals surface area contributed by atoms with Gasteiger partial charge in [0, 0.05) is 36.3 Å². The molecule has 2 heterocycles. The summed E-state index contributed by atoms with van der Waals surface area (Å²) in [4.78, 5) is 23.7. The van der Waals surface area contributed by atoms with Crippen molar-refractivity contribution in [2.24, 2.45) is 0 Å². The number of nitrogens with zero attached hydrogens (tertiary/aromatic N) is 5. The maximum atomic E-state index is 13.2. The number of nitrogens with one attached hydrogen (secondary N) is 1. The van der Waals surface area contributed by atoms with Crippen LogP contribution in [0.3, 0.4) is 0 Å². The van der Waals surface area contributed by atoms with Gasteiger partial charge in [-0.15, -0.1) is 0 Å². The third-order valence-electron chi connectivity index (χ3n) is 4.88. The van der Waals surface area contributed by atoms with E-state index in [1.54, 1.807) is 18.2 Å². The van der Waals surface area contributed by atoms with E-state index in [2.05, 4.69) is 36.1 Å². The molecule has 0 saturated carbocycles. The Morgan fingerprint density at radius 1 is 1.00 bits per heavy atom. The van der Waals surface area contributed by atoms with Crippen LogP contribution in [0.15, 0.2) is 59.3 Å². The Bertz CT molecular complexity index is 1060. The number of rotatable bonds is 5. The second-order valence-electron chi connectivity index (χ2n) is 6.71. The molecule has 0 spiro atoms. The number of piperazine rings is 1. The second kappa shape index (κ2) is 8.62. The van der Waals surface area contributed by atoms with Crippen LogP contribution in [0.5, 0.6) is 0 Å². The quantitative estimate of drug-likeness (QED) is 0.435. The van der Waals surface area contributed by atoms with E-state index in [1.165, 1.54) is 18.5 Å². The average molecular weight is 473 g/mol. The maximum absolute atomic E-state index is 13.2. The van der Waals surface area contributed by atoms with Crippen molar-refractivity contribution in [3.05, 3.63) is 75.3 Å². The first-order valence-corrected chi connectivity index (χ1v) is 10.1. The maximum Gasteiger partial charge on any atom is 0.353 e. The van der Waals surface area contributed by atoms with Crippen LogP contribution in [0.4, 0.5) is 33.1 Å². The zero-order valence-corrected chi connectivity index (χ0v) is 17.4. The van der Waals surface area contributed by atoms with Gasteiger partial charge in [-0.2, -0.15) is 0 Å². The van der Waals surface area contributed by atoms with Gasteiger partial charge in [-0.3, -0.25) is 10.1 Å². The van der Waals surface area contributed by atoms with Crippen LogP contribution in [0, 0.1) is 15.9 Å². The molecule has 10 heteroatoms. The normalized spacial score (nSPS) is 13.9. The SMILES string of the molecule is O=[N+]([O-])c1c(Nc2ccccc2Br)ncnc1N1CCN(c2ccc(F)cc2)CC1. The topological polar surface area (TPSA) is 87.4 Å². The molecule has 3 aromatic rings. The molecule has 1 aliphatic heterocycles. The molecule has 0 unspecified atom stereocenters. The summed E-state index contributed by atoms with van der Waals surface area (Å²) in [6.07, 6.45) is 1.33. The molecule has 0 aliphatic carbocycles. The fraction of sp³-hybridized carbons (Fsp3) is 0.200. The average Bonchev–Trinajstić information content (AvgIpc) is 2.76. The Hall–Kier alpha value is -3.27. The van der Waals surface area contributed by atoms with E-state index in [0.29, 0.717) is 31.9 Å². The molecular formula is C20H18BrFN6O2. The summed E-state index contributed by atoms with van der Waals surface area (Å²) in [5.74, 6) is 0.139. The van der Waals surface area contributed by atoms with Gasteiger partial charge in [-0.1, -0.05) is 12.1 Å². The number of hydrogen-bond acceptors (Lipinski definition) is 7. The standard InChI is InChI=1S/C20H18BrFN6O2/c21-16-3-1-2-4-17(16)25-19-18(28(29)30)20(24-13-23-19)27-11-9-26(10-12-27)15-7-5-14(22)6-8-15/h1-8,13H,9-12H2,(H,23,24,25). The molecule has 1 saturated heterocycles. The lowest BCUT2D eigenvalue weighted by Gasteiger charge is -2.36. The predicted molar refractivity (Wildman–Crippen MR) is 117 cm³/mol. The third-order valence-corrected chi connectivity index (χ3v) is 5.57. The van der Waals surface area contributed by atoms with Gasteiger partial charge in [0.15, 0.2) is 0 Å². The first-order chi connectivity index (χ1) is 14.5. The number of anilines is 4. The van der Waals surface area contributed by atoms with Crippen molar-refractivity contribution < 1.29 is 9.31 Å². The van der Waals surface area contributed by atoms with E-state index in [-0.39, 0.29) is 23.1 Å². The van der Waals surface area contributed by atoms with Crippen molar-refractivity contribution in [2.75, 3.05) is 41.3 Å². The van der Waals surface area contributed by atoms with E-state index >= 15 is 0 Å². The molecule has 0 atom stereocenters. The highest BCUT2D eigenvalue weighted by Gasteiger charge is 2.29. The molecule has 4 rings (SSSR count). The molecule has 0 amide bonds. The van der Waals surface area contributed by atoms with Crippen LogP contribution in [0.2, 0.25) is 0 Å². The summed E-state index contributed by atoms with van der Waals surface area (Å²) < 4.78 is 13.9. The van der Waals surface area contributed by atoms with Crippen LogP contribution in [-0.2, 0) is 0 Å². The first-order valence-electron chi connectivity index (χ1n) is 9.29. The van der Waals surface area contributed by atoms with E-state index in [0.717, 1.165) is 10.2 Å². The van der Waals surface area contributed by atoms with Gasteiger partial charge in [-0.05, 0) is 52.3 Å². The Labute approximate surface area is 180 Å². The van der Waals surface area contributed by atoms with Gasteiger partial charge >= 0.3 is 5.69 Å². The molecule has 2 aromatic carbocycles. The summed E-state index contributed by atoms with van der Waals surface area (Å²) in [5, 5.41) is 14.9. The summed E-state index contributed by atoms with van der Waals surface area (Å²) >= 11 is 3.43. The van der Waals surface area contributed by atoms with Gasteiger partial charge < -0.3 is 15.1 Å². The lowest BCUT2D eigenvalue weighted by molar-refractivity contribution is -0.383. The first kappa shape index (κ1) is 20.0. The minimum absolute atomic E-state index is 0.137. The van der Waals surface area contributed by atoms with Gasteiger partial charge in [0.05, 0.1) is 10.6 Å². The molecular weight excluding hydrogens is 455 g/mol. The molecule has 0 bridgehead atoms. The van der Waals surface area contributed by atoms with Crippen molar-refractivity contribution >= 4 is 44.6 Å². The van der Waals surface area contributed by atoms with Gasteiger partial charge in [-0.25, -0.2) is 14.4 Å². The highest BCUT2D eigenvalue weighted by molar-refractivity contribution is 9.10. The highest BCUT2D eigenvalue weighted by atomic mass is 79.9. The predicted octanol–water partition coefficient (Wildman–Crippen LogP) is 4.36. The van der Waals surface area contributed by atoms with Crippen LogP contribution >= 0.6 is 15.9 Å². The lowest BCUT2D eigenvalue weighted by Crippen LogP contribution is -2.47. The Balaban J connectivity index is 1.56. The largest absolute Gasteiger partial charge is 0.368 e. The smallest absolute Gasteiger partial charge is 0.353 e. The molecule has 1 fully saturated rings. The molecule has 30 heavy (non-hydrogen) atoms. The summed E-state index contributed by atoms with van der Waals surface area (Å²) in [7, 11) is 0. The fourth-order valence-corrected chi connectivity index (χ4v) is 3.76. The molecule has 1 aliphatic rings. The van der Waals surface area contributed by atoms with Crippen LogP contribution < -0.4 is 15.1 Å². The third kappa shape index (κ3) is 4.18. The van der Waals surface area contributed by atoms with Crippen molar-refractivity contribution in [2.45, 2.75) is 0 Å². The van der Waals surface area contributed by atoms with Crippen LogP contribution in [-0.4, -0.2) is 41.1 Å². The number of benzene rings is 2. The number of nitro groups is 1. The monoisotopic (exact) mass is 472 g/mol. The van der Waals surface area contributed by atoms with Crippen molar-refractivity contribution in [3.63, 3.8) is 0 Å². The summed E-state index contributed by atoms with van der Waals surface area (Å²) in [5.41, 5.74) is 1.43. The van der Waals surface area contributed by atoms with Gasteiger partial charge in [0.25, 0.3) is 0 Å². The molecule has 154 valence electrons. The van der Waals surface area contributed by atoms with Crippen molar-refractivity contribution in [1.82, 2.24) is 9.97 Å². The van der Waals surface area contributed by atoms with Gasteiger partial charge in [0.2, 0.25) is 11.6 Å². The second-order valence-corrected chi connectivity index (χ2v) is 7.56. The Morgan fingerprint density at radius 3 is 2.33 bits per heavy atom. The Kier molecular flexibility index (Phi) is 5.75. The summed E-state index contributed by atoms with van der Waals surface area (Å²) in [6.45, 7) is 2.37. The minimum atomic E-state index is -0.457. The molecule has 0 radical (unpaired) electrons. The molecule has 1 N–H and O–H groups in total. The molecule has 1 aromatic heterocycles. The molecule has 8 nitrogen and oxygen atoms in total. The van der Waals surface area contributed by atoms with E-state index < -0.39 is 4.92 Å². The van der Waals surface area contributed by atoms with Crippen LogP contribution in [0.1, 0.15) is 0 Å². The fourth-order valence-electron chi connectivity index (χ4n) is 3.38. The van der Waals surface area contributed by atoms with Crippen molar-refractivity contribution in [3.8, 4) is 0 Å². The number of halogens is 2. The number of para-hydroxylation sites is 1. The minimum Gasteiger partial charge on any atom is -0.368 e. The van der Waals surface area contributed by atoms with E-state index in [4.69, 9.17) is 0 Å². The van der Waals surface area contributed by atoms with Gasteiger partial charge in [0.1, 0.15) is 12.1 Å². The zero-order chi connectivity index (χ0) is 21.1. The highest BCUT2D eigenvalue weighted by Crippen LogP contribution is 2.35. The van der Waals surface area contributed by atoms with Crippen LogP contribution in [0.25, 0.3) is 0 Å². The van der Waals surface area contributed by atoms with Crippen molar-refractivity contribution in [1.29, 1.82) is 0 Å². The lowest BCUT2D eigenvalue weighted by atomic mass is 10.2. The van der Waals surface area contributed by atoms with E-state index in [9.17, 15) is 14.5 Å². The zero-order valence-electron chi connectivity index (χ0n) is 15.8. The van der Waals surface area contributed by atoms with E-state index in [1.807, 2.05) is 23.1 Å².